The molecule has 22 heavy (non-hydrogen) atoms. The zero-order valence-corrected chi connectivity index (χ0v) is 13.7. The molecule has 0 bridgehead atoms. The lowest BCUT2D eigenvalue weighted by Crippen LogP contribution is -2.30. The molecule has 1 aliphatic rings. The highest BCUT2D eigenvalue weighted by Crippen LogP contribution is 2.26. The van der Waals surface area contributed by atoms with Crippen LogP contribution in [0.1, 0.15) is 38.7 Å². The zero-order valence-electron chi connectivity index (χ0n) is 13.7. The van der Waals surface area contributed by atoms with Gasteiger partial charge in [-0.25, -0.2) is 4.79 Å². The van der Waals surface area contributed by atoms with Crippen molar-refractivity contribution in [3.8, 4) is 0 Å². The fourth-order valence-corrected chi connectivity index (χ4v) is 2.92. The van der Waals surface area contributed by atoms with E-state index in [4.69, 9.17) is 9.47 Å². The first-order valence-corrected chi connectivity index (χ1v) is 8.31. The molecule has 1 aromatic carbocycles. The molecule has 0 N–H and O–H groups in total. The van der Waals surface area contributed by atoms with Gasteiger partial charge in [0.05, 0.1) is 25.9 Å². The lowest BCUT2D eigenvalue weighted by Gasteiger charge is -2.18. The smallest absolute Gasteiger partial charge is 0.409 e. The van der Waals surface area contributed by atoms with Crippen LogP contribution in [0.15, 0.2) is 30.3 Å². The summed E-state index contributed by atoms with van der Waals surface area (Å²) in [6.07, 6.45) is 3.34. The van der Waals surface area contributed by atoms with Crippen LogP contribution in [-0.2, 0) is 16.1 Å². The number of unbranched alkanes of at least 4 members (excludes halogenated alkanes) is 1. The van der Waals surface area contributed by atoms with Crippen LogP contribution in [0.4, 0.5) is 4.79 Å². The first-order chi connectivity index (χ1) is 10.7. The maximum absolute atomic E-state index is 11.9. The fourth-order valence-electron chi connectivity index (χ4n) is 2.92. The summed E-state index contributed by atoms with van der Waals surface area (Å²) in [5.74, 6) is 0.410. The summed E-state index contributed by atoms with van der Waals surface area (Å²) in [6.45, 7) is 6.44. The van der Waals surface area contributed by atoms with Gasteiger partial charge in [-0.1, -0.05) is 50.1 Å². The molecular formula is C18H27NO3. The number of nitrogens with zero attached hydrogens (tertiary/aromatic N) is 1. The molecule has 2 unspecified atom stereocenters. The Morgan fingerprint density at radius 2 is 2.00 bits per heavy atom. The van der Waals surface area contributed by atoms with Crippen molar-refractivity contribution in [2.24, 2.45) is 5.92 Å². The molecule has 4 nitrogen and oxygen atoms in total. The molecule has 0 aromatic heterocycles. The standard InChI is InChI=1S/C18H27NO3/c1-3-5-11-16-12-19(18(20)21-4-2)13-17(16)22-14-15-9-7-6-8-10-15/h6-10,16-17H,3-5,11-14H2,1-2H3. The number of ether oxygens (including phenoxy) is 2. The third-order valence-corrected chi connectivity index (χ3v) is 4.14. The van der Waals surface area contributed by atoms with E-state index >= 15 is 0 Å². The van der Waals surface area contributed by atoms with E-state index in [-0.39, 0.29) is 12.2 Å². The van der Waals surface area contributed by atoms with Crippen molar-refractivity contribution in [2.45, 2.75) is 45.8 Å². The van der Waals surface area contributed by atoms with Crippen LogP contribution < -0.4 is 0 Å². The number of carbonyl (C=O) groups is 1. The number of hydrogen-bond acceptors (Lipinski definition) is 3. The van der Waals surface area contributed by atoms with E-state index in [1.807, 2.05) is 25.1 Å². The van der Waals surface area contributed by atoms with E-state index in [0.29, 0.717) is 25.7 Å². The van der Waals surface area contributed by atoms with Crippen LogP contribution in [0.3, 0.4) is 0 Å². The molecule has 0 saturated carbocycles. The molecule has 4 heteroatoms. The zero-order chi connectivity index (χ0) is 15.8. The normalized spacial score (nSPS) is 21.1. The average molecular weight is 305 g/mol. The molecule has 0 spiro atoms. The number of rotatable bonds is 7. The van der Waals surface area contributed by atoms with E-state index in [1.54, 1.807) is 4.90 Å². The van der Waals surface area contributed by atoms with E-state index in [9.17, 15) is 4.79 Å². The summed E-state index contributed by atoms with van der Waals surface area (Å²) < 4.78 is 11.2. The van der Waals surface area contributed by atoms with Crippen molar-refractivity contribution >= 4 is 6.09 Å². The highest BCUT2D eigenvalue weighted by atomic mass is 16.6. The SMILES string of the molecule is CCCCC1CN(C(=O)OCC)CC1OCc1ccccc1. The molecule has 1 amide bonds. The van der Waals surface area contributed by atoms with Gasteiger partial charge < -0.3 is 14.4 Å². The third kappa shape index (κ3) is 4.73. The molecule has 0 radical (unpaired) electrons. The van der Waals surface area contributed by atoms with Crippen molar-refractivity contribution in [3.63, 3.8) is 0 Å². The maximum Gasteiger partial charge on any atom is 0.409 e. The van der Waals surface area contributed by atoms with Crippen molar-refractivity contribution in [1.29, 1.82) is 0 Å². The third-order valence-electron chi connectivity index (χ3n) is 4.14. The highest BCUT2D eigenvalue weighted by Gasteiger charge is 2.36. The van der Waals surface area contributed by atoms with Gasteiger partial charge in [0.2, 0.25) is 0 Å². The highest BCUT2D eigenvalue weighted by molar-refractivity contribution is 5.68. The molecule has 2 rings (SSSR count). The van der Waals surface area contributed by atoms with E-state index in [1.165, 1.54) is 18.4 Å². The van der Waals surface area contributed by atoms with Gasteiger partial charge in [0.1, 0.15) is 0 Å². The van der Waals surface area contributed by atoms with Crippen LogP contribution in [0.5, 0.6) is 0 Å². The first kappa shape index (κ1) is 16.8. The van der Waals surface area contributed by atoms with Gasteiger partial charge in [0, 0.05) is 12.5 Å². The molecule has 1 saturated heterocycles. The Labute approximate surface area is 133 Å². The lowest BCUT2D eigenvalue weighted by molar-refractivity contribution is 0.0194. The van der Waals surface area contributed by atoms with Gasteiger partial charge >= 0.3 is 6.09 Å². The summed E-state index contributed by atoms with van der Waals surface area (Å²) in [7, 11) is 0. The quantitative estimate of drug-likeness (QED) is 0.768. The largest absolute Gasteiger partial charge is 0.450 e. The molecule has 122 valence electrons. The lowest BCUT2D eigenvalue weighted by atomic mass is 9.99. The van der Waals surface area contributed by atoms with Gasteiger partial charge in [0.25, 0.3) is 0 Å². The minimum absolute atomic E-state index is 0.108. The minimum Gasteiger partial charge on any atom is -0.450 e. The number of amides is 1. The predicted octanol–water partition coefficient (Wildman–Crippen LogP) is 3.85. The molecule has 0 aliphatic carbocycles. The van der Waals surface area contributed by atoms with Crippen LogP contribution in [0, 0.1) is 5.92 Å². The molecule has 1 fully saturated rings. The van der Waals surface area contributed by atoms with E-state index in [0.717, 1.165) is 13.0 Å². The van der Waals surface area contributed by atoms with E-state index < -0.39 is 0 Å². The summed E-state index contributed by atoms with van der Waals surface area (Å²) in [5.41, 5.74) is 1.17. The Hall–Kier alpha value is -1.55. The summed E-state index contributed by atoms with van der Waals surface area (Å²) in [6, 6.07) is 10.2. The molecule has 1 aliphatic heterocycles. The fraction of sp³-hybridized carbons (Fsp3) is 0.611. The van der Waals surface area contributed by atoms with Gasteiger partial charge in [0.15, 0.2) is 0 Å². The molecule has 1 heterocycles. The van der Waals surface area contributed by atoms with Gasteiger partial charge in [-0.05, 0) is 18.9 Å². The topological polar surface area (TPSA) is 38.8 Å². The Bertz CT molecular complexity index is 449. The van der Waals surface area contributed by atoms with Crippen molar-refractivity contribution < 1.29 is 14.3 Å². The number of carbonyl (C=O) groups excluding carboxylic acids is 1. The summed E-state index contributed by atoms with van der Waals surface area (Å²) in [4.78, 5) is 13.7. The van der Waals surface area contributed by atoms with E-state index in [2.05, 4.69) is 19.1 Å². The molecule has 1 aromatic rings. The Kier molecular flexibility index (Phi) is 6.72. The monoisotopic (exact) mass is 305 g/mol. The first-order valence-electron chi connectivity index (χ1n) is 8.31. The number of likely N-dealkylation sites (tertiary alicyclic amines) is 1. The average Bonchev–Trinajstić information content (AvgIpc) is 2.95. The molecular weight excluding hydrogens is 278 g/mol. The second-order valence-corrected chi connectivity index (χ2v) is 5.84. The predicted molar refractivity (Wildman–Crippen MR) is 86.6 cm³/mol. The van der Waals surface area contributed by atoms with Crippen molar-refractivity contribution in [1.82, 2.24) is 4.90 Å². The summed E-state index contributed by atoms with van der Waals surface area (Å²) in [5, 5.41) is 0. The van der Waals surface area contributed by atoms with Crippen LogP contribution in [0.2, 0.25) is 0 Å². The number of benzene rings is 1. The van der Waals surface area contributed by atoms with Crippen LogP contribution in [0.25, 0.3) is 0 Å². The molecule has 2 atom stereocenters. The Morgan fingerprint density at radius 3 is 2.68 bits per heavy atom. The Balaban J connectivity index is 1.91. The van der Waals surface area contributed by atoms with Gasteiger partial charge in [-0.2, -0.15) is 0 Å². The second kappa shape index (κ2) is 8.79. The Morgan fingerprint density at radius 1 is 1.23 bits per heavy atom. The van der Waals surface area contributed by atoms with Gasteiger partial charge in [-0.15, -0.1) is 0 Å². The maximum atomic E-state index is 11.9. The summed E-state index contributed by atoms with van der Waals surface area (Å²) >= 11 is 0. The van der Waals surface area contributed by atoms with Crippen LogP contribution >= 0.6 is 0 Å². The van der Waals surface area contributed by atoms with Crippen molar-refractivity contribution in [3.05, 3.63) is 35.9 Å². The number of hydrogen-bond donors (Lipinski definition) is 0. The van der Waals surface area contributed by atoms with Gasteiger partial charge in [-0.3, -0.25) is 0 Å². The minimum atomic E-state index is -0.213. The van der Waals surface area contributed by atoms with Crippen molar-refractivity contribution in [2.75, 3.05) is 19.7 Å². The second-order valence-electron chi connectivity index (χ2n) is 5.84. The van der Waals surface area contributed by atoms with Crippen LogP contribution in [-0.4, -0.2) is 36.8 Å².